The Kier molecular flexibility index (Phi) is 5.59. The van der Waals surface area contributed by atoms with E-state index in [4.69, 9.17) is 19.2 Å². The van der Waals surface area contributed by atoms with Crippen molar-refractivity contribution in [2.75, 3.05) is 38.9 Å². The number of carbonyl (C=O) groups excluding carboxylic acids is 1. The van der Waals surface area contributed by atoms with Gasteiger partial charge in [0.05, 0.1) is 49.0 Å². The highest BCUT2D eigenvalue weighted by Gasteiger charge is 2.39. The van der Waals surface area contributed by atoms with E-state index in [9.17, 15) is 13.6 Å². The van der Waals surface area contributed by atoms with Gasteiger partial charge in [-0.3, -0.25) is 4.79 Å². The Morgan fingerprint density at radius 3 is 2.73 bits per heavy atom. The van der Waals surface area contributed by atoms with Crippen molar-refractivity contribution in [1.29, 1.82) is 0 Å². The Morgan fingerprint density at radius 1 is 1.30 bits per heavy atom. The number of nitrogens with one attached hydrogen (secondary N) is 1. The third-order valence-corrected chi connectivity index (χ3v) is 6.26. The van der Waals surface area contributed by atoms with Crippen molar-refractivity contribution in [3.8, 4) is 11.3 Å². The normalized spacial score (nSPS) is 21.0. The quantitative estimate of drug-likeness (QED) is 0.604. The Balaban J connectivity index is 1.71. The van der Waals surface area contributed by atoms with Gasteiger partial charge in [-0.05, 0) is 18.2 Å². The summed E-state index contributed by atoms with van der Waals surface area (Å²) in [5.41, 5.74) is 1.28. The first kappa shape index (κ1) is 21.9. The maximum absolute atomic E-state index is 13.9. The molecule has 2 saturated heterocycles. The number of ether oxygens (including phenoxy) is 3. The monoisotopic (exact) mass is 458 g/mol. The van der Waals surface area contributed by atoms with Crippen LogP contribution in [-0.2, 0) is 24.6 Å². The summed E-state index contributed by atoms with van der Waals surface area (Å²) in [7, 11) is 1.54. The molecule has 2 fully saturated rings. The molecular weight excluding hydrogens is 434 g/mol. The molecule has 0 aliphatic carbocycles. The zero-order chi connectivity index (χ0) is 23.2. The molecule has 3 aromatic heterocycles. The van der Waals surface area contributed by atoms with Crippen LogP contribution in [0.3, 0.4) is 0 Å². The van der Waals surface area contributed by atoms with Crippen LogP contribution in [0.15, 0.2) is 30.6 Å². The number of nitrogens with zero attached hydrogens (tertiary/aromatic N) is 3. The molecule has 2 aliphatic rings. The van der Waals surface area contributed by atoms with Crippen LogP contribution < -0.4 is 5.32 Å². The maximum atomic E-state index is 13.9. The Bertz CT molecular complexity index is 1200. The second kappa shape index (κ2) is 8.44. The minimum absolute atomic E-state index is 0.112. The maximum Gasteiger partial charge on any atom is 0.263 e. The van der Waals surface area contributed by atoms with Crippen molar-refractivity contribution in [3.63, 3.8) is 0 Å². The number of pyridine rings is 2. The van der Waals surface area contributed by atoms with E-state index < -0.39 is 12.0 Å². The second-order valence-electron chi connectivity index (χ2n) is 8.38. The van der Waals surface area contributed by atoms with Gasteiger partial charge in [0.25, 0.3) is 6.43 Å². The van der Waals surface area contributed by atoms with E-state index in [1.807, 2.05) is 10.8 Å². The summed E-state index contributed by atoms with van der Waals surface area (Å²) in [4.78, 5) is 20.7. The van der Waals surface area contributed by atoms with E-state index in [1.165, 1.54) is 19.1 Å². The molecule has 5 heterocycles. The van der Waals surface area contributed by atoms with E-state index >= 15 is 0 Å². The third kappa shape index (κ3) is 3.88. The molecule has 0 radical (unpaired) electrons. The lowest BCUT2D eigenvalue weighted by molar-refractivity contribution is -0.114. The van der Waals surface area contributed by atoms with Crippen molar-refractivity contribution < 1.29 is 27.8 Å². The minimum Gasteiger partial charge on any atom is -0.378 e. The summed E-state index contributed by atoms with van der Waals surface area (Å²) in [5, 5.41) is 3.43. The van der Waals surface area contributed by atoms with Crippen molar-refractivity contribution >= 4 is 22.6 Å². The number of halogens is 2. The van der Waals surface area contributed by atoms with Crippen molar-refractivity contribution in [2.45, 2.75) is 31.4 Å². The molecule has 1 N–H and O–H groups in total. The van der Waals surface area contributed by atoms with Gasteiger partial charge >= 0.3 is 0 Å². The van der Waals surface area contributed by atoms with Crippen molar-refractivity contribution in [1.82, 2.24) is 14.5 Å². The summed E-state index contributed by atoms with van der Waals surface area (Å²) >= 11 is 0. The van der Waals surface area contributed by atoms with E-state index in [0.717, 1.165) is 10.9 Å². The minimum atomic E-state index is -2.67. The Labute approximate surface area is 188 Å². The summed E-state index contributed by atoms with van der Waals surface area (Å²) in [5.74, 6) is 0.125. The molecule has 1 amide bonds. The number of hydrogen-bond donors (Lipinski definition) is 1. The Morgan fingerprint density at radius 2 is 2.12 bits per heavy atom. The standard InChI is InChI=1S/C23H24F2N4O4/c1-13(30)27-21-7-16-17(9-29(15-10-33-11-15)19(16)8-26-21)18-5-14(22(24)25)6-20(28-18)23(31-2)3-4-32-12-23/h5-9,15,22H,3-4,10-12H2,1-2H3,(H,26,27,30). The Hall–Kier alpha value is -2.95. The second-order valence-corrected chi connectivity index (χ2v) is 8.38. The highest BCUT2D eigenvalue weighted by Crippen LogP contribution is 2.39. The van der Waals surface area contributed by atoms with Gasteiger partial charge in [-0.1, -0.05) is 0 Å². The zero-order valence-corrected chi connectivity index (χ0v) is 18.3. The first-order valence-electron chi connectivity index (χ1n) is 10.7. The third-order valence-electron chi connectivity index (χ3n) is 6.26. The molecule has 33 heavy (non-hydrogen) atoms. The average molecular weight is 458 g/mol. The van der Waals surface area contributed by atoms with Gasteiger partial charge in [0.15, 0.2) is 0 Å². The van der Waals surface area contributed by atoms with E-state index in [1.54, 1.807) is 19.4 Å². The van der Waals surface area contributed by atoms with Gasteiger partial charge in [0, 0.05) is 49.8 Å². The lowest BCUT2D eigenvalue weighted by Crippen LogP contribution is -2.30. The van der Waals surface area contributed by atoms with Crippen LogP contribution >= 0.6 is 0 Å². The number of fused-ring (bicyclic) bond motifs is 1. The van der Waals surface area contributed by atoms with Crippen LogP contribution in [0.4, 0.5) is 14.6 Å². The van der Waals surface area contributed by atoms with Crippen LogP contribution in [0.1, 0.15) is 37.1 Å². The number of hydrogen-bond acceptors (Lipinski definition) is 6. The summed E-state index contributed by atoms with van der Waals surface area (Å²) < 4.78 is 46.4. The molecule has 1 unspecified atom stereocenters. The molecule has 0 spiro atoms. The molecule has 0 bridgehead atoms. The molecule has 174 valence electrons. The van der Waals surface area contributed by atoms with Crippen LogP contribution in [0.25, 0.3) is 22.2 Å². The lowest BCUT2D eigenvalue weighted by Gasteiger charge is -2.28. The fraction of sp³-hybridized carbons (Fsp3) is 0.435. The number of rotatable bonds is 6. The van der Waals surface area contributed by atoms with Gasteiger partial charge in [-0.2, -0.15) is 0 Å². The van der Waals surface area contributed by atoms with Gasteiger partial charge in [0.2, 0.25) is 5.91 Å². The average Bonchev–Trinajstić information content (AvgIpc) is 3.38. The topological polar surface area (TPSA) is 87.5 Å². The van der Waals surface area contributed by atoms with E-state index in [0.29, 0.717) is 49.0 Å². The number of anilines is 1. The van der Waals surface area contributed by atoms with Crippen molar-refractivity contribution in [2.24, 2.45) is 0 Å². The first-order valence-corrected chi connectivity index (χ1v) is 10.7. The van der Waals surface area contributed by atoms with E-state index in [-0.39, 0.29) is 24.1 Å². The smallest absolute Gasteiger partial charge is 0.263 e. The largest absolute Gasteiger partial charge is 0.378 e. The van der Waals surface area contributed by atoms with Gasteiger partial charge < -0.3 is 24.1 Å². The van der Waals surface area contributed by atoms with E-state index in [2.05, 4.69) is 10.3 Å². The van der Waals surface area contributed by atoms with Gasteiger partial charge in [-0.15, -0.1) is 0 Å². The SMILES string of the molecule is COC1(c2cc(C(F)F)cc(-c3cn(C4COC4)c4cnc(NC(C)=O)cc34)n2)CCOC1. The molecule has 3 aromatic rings. The van der Waals surface area contributed by atoms with Gasteiger partial charge in [0.1, 0.15) is 11.4 Å². The fourth-order valence-corrected chi connectivity index (χ4v) is 4.35. The predicted octanol–water partition coefficient (Wildman–Crippen LogP) is 3.83. The molecule has 0 saturated carbocycles. The highest BCUT2D eigenvalue weighted by molar-refractivity contribution is 5.98. The number of carbonyl (C=O) groups is 1. The fourth-order valence-electron chi connectivity index (χ4n) is 4.35. The summed E-state index contributed by atoms with van der Waals surface area (Å²) in [6.45, 7) is 3.22. The number of aromatic nitrogens is 3. The van der Waals surface area contributed by atoms with Crippen LogP contribution in [-0.4, -0.2) is 54.0 Å². The number of methoxy groups -OCH3 is 1. The summed E-state index contributed by atoms with van der Waals surface area (Å²) in [6, 6.07) is 4.65. The zero-order valence-electron chi connectivity index (χ0n) is 18.3. The van der Waals surface area contributed by atoms with Crippen molar-refractivity contribution in [3.05, 3.63) is 41.9 Å². The summed E-state index contributed by atoms with van der Waals surface area (Å²) in [6.07, 6.45) is 1.41. The van der Waals surface area contributed by atoms with Crippen LogP contribution in [0.5, 0.6) is 0 Å². The highest BCUT2D eigenvalue weighted by atomic mass is 19.3. The van der Waals surface area contributed by atoms with Crippen LogP contribution in [0, 0.1) is 0 Å². The molecular formula is C23H24F2N4O4. The molecule has 0 aromatic carbocycles. The molecule has 2 aliphatic heterocycles. The molecule has 5 rings (SSSR count). The number of amides is 1. The molecule has 8 nitrogen and oxygen atoms in total. The number of alkyl halides is 2. The van der Waals surface area contributed by atoms with Crippen LogP contribution in [0.2, 0.25) is 0 Å². The predicted molar refractivity (Wildman–Crippen MR) is 116 cm³/mol. The van der Waals surface area contributed by atoms with Gasteiger partial charge in [-0.25, -0.2) is 18.7 Å². The molecule has 1 atom stereocenters. The molecule has 10 heteroatoms. The lowest BCUT2D eigenvalue weighted by atomic mass is 9.95. The first-order chi connectivity index (χ1) is 15.9.